The van der Waals surface area contributed by atoms with Crippen molar-refractivity contribution in [2.24, 2.45) is 0 Å². The van der Waals surface area contributed by atoms with Gasteiger partial charge >= 0.3 is 12.0 Å². The van der Waals surface area contributed by atoms with Gasteiger partial charge in [-0.3, -0.25) is 4.79 Å². The van der Waals surface area contributed by atoms with Crippen molar-refractivity contribution in [3.05, 3.63) is 35.9 Å². The Morgan fingerprint density at radius 2 is 2.00 bits per heavy atom. The normalized spacial score (nSPS) is 17.7. The van der Waals surface area contributed by atoms with Gasteiger partial charge in [0.15, 0.2) is 0 Å². The van der Waals surface area contributed by atoms with E-state index < -0.39 is 30.5 Å². The van der Waals surface area contributed by atoms with E-state index in [1.54, 1.807) is 0 Å². The number of benzene rings is 1. The van der Waals surface area contributed by atoms with Crippen LogP contribution in [-0.4, -0.2) is 47.1 Å². The highest BCUT2D eigenvalue weighted by Gasteiger charge is 2.40. The molecule has 0 saturated carbocycles. The van der Waals surface area contributed by atoms with Crippen LogP contribution < -0.4 is 5.32 Å². The smallest absolute Gasteiger partial charge is 0.317 e. The first kappa shape index (κ1) is 17.2. The molecule has 1 saturated heterocycles. The number of hydrogen-bond donors (Lipinski definition) is 2. The molecular weight excluding hydrogens is 306 g/mol. The van der Waals surface area contributed by atoms with E-state index in [9.17, 15) is 18.4 Å². The van der Waals surface area contributed by atoms with Gasteiger partial charge in [-0.25, -0.2) is 13.6 Å². The number of nitrogens with one attached hydrogen (secondary N) is 1. The van der Waals surface area contributed by atoms with Crippen LogP contribution >= 0.6 is 0 Å². The molecule has 1 aromatic carbocycles. The molecule has 1 unspecified atom stereocenters. The molecule has 2 amide bonds. The number of carbonyl (C=O) groups is 2. The lowest BCUT2D eigenvalue weighted by Gasteiger charge is -2.23. The monoisotopic (exact) mass is 326 g/mol. The van der Waals surface area contributed by atoms with E-state index in [2.05, 4.69) is 5.32 Å². The lowest BCUT2D eigenvalue weighted by molar-refractivity contribution is -0.137. The third kappa shape index (κ3) is 5.50. The highest BCUT2D eigenvalue weighted by atomic mass is 19.3. The molecule has 0 radical (unpaired) electrons. The molecule has 1 heterocycles. The average Bonchev–Trinajstić information content (AvgIpc) is 2.86. The molecule has 126 valence electrons. The Hall–Kier alpha value is -2.18. The maximum Gasteiger partial charge on any atom is 0.317 e. The number of amides is 2. The van der Waals surface area contributed by atoms with Crippen LogP contribution in [-0.2, 0) is 11.2 Å². The molecule has 7 heteroatoms. The number of nitrogens with zero attached hydrogens (tertiary/aromatic N) is 1. The number of hydrogen-bond acceptors (Lipinski definition) is 2. The highest BCUT2D eigenvalue weighted by molar-refractivity contribution is 5.75. The zero-order chi connectivity index (χ0) is 16.9. The molecule has 1 fully saturated rings. The standard InChI is InChI=1S/C16H20F2N2O3/c17-16(18)8-9-20(11-16)15(23)19-13(6-7-14(21)22)10-12-4-2-1-3-5-12/h1-5,13H,6-11H2,(H,19,23)(H,21,22). The maximum absolute atomic E-state index is 13.2. The fourth-order valence-electron chi connectivity index (χ4n) is 2.60. The summed E-state index contributed by atoms with van der Waals surface area (Å²) in [6.07, 6.45) is 0.289. The summed E-state index contributed by atoms with van der Waals surface area (Å²) in [6.45, 7) is -0.578. The van der Waals surface area contributed by atoms with Crippen molar-refractivity contribution in [1.82, 2.24) is 10.2 Å². The molecule has 5 nitrogen and oxygen atoms in total. The highest BCUT2D eigenvalue weighted by Crippen LogP contribution is 2.26. The Morgan fingerprint density at radius 3 is 2.57 bits per heavy atom. The number of rotatable bonds is 6. The number of aliphatic carboxylic acids is 1. The Bertz CT molecular complexity index is 552. The zero-order valence-electron chi connectivity index (χ0n) is 12.7. The third-order valence-corrected chi connectivity index (χ3v) is 3.82. The molecule has 2 N–H and O–H groups in total. The predicted octanol–water partition coefficient (Wildman–Crippen LogP) is 2.51. The summed E-state index contributed by atoms with van der Waals surface area (Å²) < 4.78 is 26.4. The number of carbonyl (C=O) groups excluding carboxylic acids is 1. The average molecular weight is 326 g/mol. The van der Waals surface area contributed by atoms with Gasteiger partial charge in [0, 0.05) is 25.4 Å². The van der Waals surface area contributed by atoms with Crippen LogP contribution in [0.3, 0.4) is 0 Å². The van der Waals surface area contributed by atoms with Crippen LogP contribution in [0.5, 0.6) is 0 Å². The summed E-state index contributed by atoms with van der Waals surface area (Å²) in [7, 11) is 0. The van der Waals surface area contributed by atoms with Crippen LogP contribution in [0, 0.1) is 0 Å². The molecule has 0 aliphatic carbocycles. The largest absolute Gasteiger partial charge is 0.481 e. The lowest BCUT2D eigenvalue weighted by atomic mass is 10.0. The van der Waals surface area contributed by atoms with Crippen molar-refractivity contribution in [1.29, 1.82) is 0 Å². The second-order valence-corrected chi connectivity index (χ2v) is 5.80. The second kappa shape index (κ2) is 7.39. The number of likely N-dealkylation sites (tertiary alicyclic amines) is 1. The molecule has 1 aliphatic heterocycles. The van der Waals surface area contributed by atoms with Gasteiger partial charge in [0.2, 0.25) is 0 Å². The fraction of sp³-hybridized carbons (Fsp3) is 0.500. The van der Waals surface area contributed by atoms with E-state index >= 15 is 0 Å². The van der Waals surface area contributed by atoms with Crippen molar-refractivity contribution in [2.75, 3.05) is 13.1 Å². The summed E-state index contributed by atoms with van der Waals surface area (Å²) in [5.74, 6) is -3.79. The van der Waals surface area contributed by atoms with E-state index in [0.29, 0.717) is 6.42 Å². The SMILES string of the molecule is O=C(O)CCC(Cc1ccccc1)NC(=O)N1CCC(F)(F)C1. The van der Waals surface area contributed by atoms with Gasteiger partial charge in [-0.1, -0.05) is 30.3 Å². The van der Waals surface area contributed by atoms with Gasteiger partial charge in [-0.05, 0) is 18.4 Å². The number of urea groups is 1. The minimum atomic E-state index is -2.84. The Morgan fingerprint density at radius 1 is 1.30 bits per heavy atom. The summed E-state index contributed by atoms with van der Waals surface area (Å²) >= 11 is 0. The molecule has 23 heavy (non-hydrogen) atoms. The predicted molar refractivity (Wildman–Crippen MR) is 80.5 cm³/mol. The number of carboxylic acid groups (broad SMARTS) is 1. The fourth-order valence-corrected chi connectivity index (χ4v) is 2.60. The Labute approximate surface area is 133 Å². The summed E-state index contributed by atoms with van der Waals surface area (Å²) in [5.41, 5.74) is 0.954. The first-order valence-corrected chi connectivity index (χ1v) is 7.55. The first-order chi connectivity index (χ1) is 10.9. The summed E-state index contributed by atoms with van der Waals surface area (Å²) in [5, 5.41) is 11.5. The van der Waals surface area contributed by atoms with E-state index in [1.807, 2.05) is 30.3 Å². The number of carboxylic acids is 1. The maximum atomic E-state index is 13.2. The van der Waals surface area contributed by atoms with Crippen molar-refractivity contribution in [2.45, 2.75) is 37.6 Å². The molecule has 0 aromatic heterocycles. The second-order valence-electron chi connectivity index (χ2n) is 5.80. The van der Waals surface area contributed by atoms with E-state index in [-0.39, 0.29) is 25.8 Å². The molecule has 1 aliphatic rings. The molecule has 1 atom stereocenters. The van der Waals surface area contributed by atoms with Gasteiger partial charge in [0.1, 0.15) is 0 Å². The van der Waals surface area contributed by atoms with Gasteiger partial charge in [-0.15, -0.1) is 0 Å². The van der Waals surface area contributed by atoms with Gasteiger partial charge in [-0.2, -0.15) is 0 Å². The van der Waals surface area contributed by atoms with Crippen molar-refractivity contribution in [3.8, 4) is 0 Å². The first-order valence-electron chi connectivity index (χ1n) is 7.55. The topological polar surface area (TPSA) is 69.6 Å². The third-order valence-electron chi connectivity index (χ3n) is 3.82. The molecular formula is C16H20F2N2O3. The van der Waals surface area contributed by atoms with E-state index in [4.69, 9.17) is 5.11 Å². The summed E-state index contributed by atoms with van der Waals surface area (Å²) in [6, 6.07) is 8.36. The molecule has 2 rings (SSSR count). The van der Waals surface area contributed by atoms with Crippen LogP contribution in [0.1, 0.15) is 24.8 Å². The number of alkyl halides is 2. The minimum Gasteiger partial charge on any atom is -0.481 e. The van der Waals surface area contributed by atoms with Crippen molar-refractivity contribution in [3.63, 3.8) is 0 Å². The summed E-state index contributed by atoms with van der Waals surface area (Å²) in [4.78, 5) is 24.0. The Kier molecular flexibility index (Phi) is 5.52. The van der Waals surface area contributed by atoms with E-state index in [1.165, 1.54) is 0 Å². The van der Waals surface area contributed by atoms with Gasteiger partial charge < -0.3 is 15.3 Å². The minimum absolute atomic E-state index is 0.00974. The number of halogens is 2. The molecule has 1 aromatic rings. The lowest BCUT2D eigenvalue weighted by Crippen LogP contribution is -2.45. The van der Waals surface area contributed by atoms with Gasteiger partial charge in [0.25, 0.3) is 5.92 Å². The van der Waals surface area contributed by atoms with Crippen LogP contribution in [0.2, 0.25) is 0 Å². The van der Waals surface area contributed by atoms with Crippen LogP contribution in [0.25, 0.3) is 0 Å². The van der Waals surface area contributed by atoms with Crippen molar-refractivity contribution < 1.29 is 23.5 Å². The van der Waals surface area contributed by atoms with Crippen molar-refractivity contribution >= 4 is 12.0 Å². The quantitative estimate of drug-likeness (QED) is 0.844. The van der Waals surface area contributed by atoms with Crippen LogP contribution in [0.15, 0.2) is 30.3 Å². The van der Waals surface area contributed by atoms with Gasteiger partial charge in [0.05, 0.1) is 6.54 Å². The zero-order valence-corrected chi connectivity index (χ0v) is 12.7. The molecule has 0 bridgehead atoms. The van der Waals surface area contributed by atoms with E-state index in [0.717, 1.165) is 10.5 Å². The molecule has 0 spiro atoms. The Balaban J connectivity index is 1.96. The van der Waals surface area contributed by atoms with Crippen LogP contribution in [0.4, 0.5) is 13.6 Å².